The largest absolute Gasteiger partial charge is 0.344 e. The second-order valence-electron chi connectivity index (χ2n) is 18.9. The molecule has 1 atom stereocenters. The topological polar surface area (TPSA) is 6.25 Å². The highest BCUT2D eigenvalue weighted by Gasteiger charge is 2.46. The molecule has 0 saturated heterocycles. The van der Waals surface area contributed by atoms with Gasteiger partial charge in [0.05, 0.1) is 5.41 Å². The van der Waals surface area contributed by atoms with Crippen molar-refractivity contribution >= 4 is 38.6 Å². The van der Waals surface area contributed by atoms with Crippen LogP contribution in [-0.2, 0) is 17.3 Å². The van der Waals surface area contributed by atoms with E-state index in [1.807, 2.05) is 0 Å². The molecule has 0 bridgehead atoms. The van der Waals surface area contributed by atoms with E-state index in [0.717, 1.165) is 31.3 Å². The molecule has 0 radical (unpaired) electrons. The highest BCUT2D eigenvalue weighted by molar-refractivity contribution is 6.05. The van der Waals surface area contributed by atoms with Crippen LogP contribution in [0.2, 0.25) is 0 Å². The SMILES string of the molecule is CC1(C)C(C=CC=C2N(CCCCC3CCCC3)c3ccc4ccccc4c3C2(C)Cc2ccccc2)=[N+](CCCCC2CCCC2)c2cc3ccccc3cc21. The molecule has 2 saturated carbocycles. The van der Waals surface area contributed by atoms with E-state index in [0.29, 0.717) is 0 Å². The first kappa shape index (κ1) is 38.1. The molecule has 4 aliphatic rings. The van der Waals surface area contributed by atoms with E-state index in [9.17, 15) is 0 Å². The van der Waals surface area contributed by atoms with Gasteiger partial charge in [-0.2, -0.15) is 4.58 Å². The first-order valence-electron chi connectivity index (χ1n) is 22.8. The summed E-state index contributed by atoms with van der Waals surface area (Å²) in [6.45, 7) is 9.59. The number of nitrogens with zero attached hydrogens (tertiary/aromatic N) is 2. The van der Waals surface area contributed by atoms with Gasteiger partial charge in [-0.1, -0.05) is 162 Å². The summed E-state index contributed by atoms with van der Waals surface area (Å²) in [5, 5.41) is 5.42. The molecule has 0 N–H and O–H groups in total. The number of hydrogen-bond donors (Lipinski definition) is 0. The van der Waals surface area contributed by atoms with Crippen molar-refractivity contribution in [1.82, 2.24) is 0 Å². The van der Waals surface area contributed by atoms with Crippen molar-refractivity contribution in [3.8, 4) is 0 Å². The lowest BCUT2D eigenvalue weighted by Gasteiger charge is -2.31. The summed E-state index contributed by atoms with van der Waals surface area (Å²) in [5.74, 6) is 1.90. The van der Waals surface area contributed by atoms with Gasteiger partial charge in [-0.25, -0.2) is 0 Å². The molecule has 5 aromatic carbocycles. The van der Waals surface area contributed by atoms with E-state index < -0.39 is 0 Å². The Morgan fingerprint density at radius 3 is 2.02 bits per heavy atom. The standard InChI is InChI=1S/C55H65N2/c1-54(2)48-38-45-29-11-12-30-46(45)39-50(48)57(37-18-16-25-42-22-9-10-23-42)51(54)32-19-33-52-55(3,40-43-26-5-4-6-27-43)53-47-31-14-13-28-44(47)34-35-49(53)56(52)36-17-15-24-41-20-7-8-21-41/h4-6,11-14,19,26-35,38-39,41-42H,7-10,15-18,20-25,36-37,40H2,1-3H3/q+1. The number of hydrogen-bond acceptors (Lipinski definition) is 1. The number of benzene rings is 5. The number of anilines is 1. The van der Waals surface area contributed by atoms with Gasteiger partial charge in [-0.15, -0.1) is 0 Å². The molecule has 57 heavy (non-hydrogen) atoms. The van der Waals surface area contributed by atoms with Gasteiger partial charge in [0.1, 0.15) is 6.54 Å². The van der Waals surface area contributed by atoms with Crippen LogP contribution < -0.4 is 4.90 Å². The lowest BCUT2D eigenvalue weighted by molar-refractivity contribution is -0.438. The van der Waals surface area contributed by atoms with E-state index >= 15 is 0 Å². The van der Waals surface area contributed by atoms with Crippen LogP contribution in [0.1, 0.15) is 127 Å². The van der Waals surface area contributed by atoms with Crippen LogP contribution in [0.5, 0.6) is 0 Å². The van der Waals surface area contributed by atoms with Crippen molar-refractivity contribution in [2.24, 2.45) is 11.8 Å². The maximum atomic E-state index is 2.73. The highest BCUT2D eigenvalue weighted by atomic mass is 15.2. The molecule has 2 aliphatic heterocycles. The minimum atomic E-state index is -0.177. The summed E-state index contributed by atoms with van der Waals surface area (Å²) in [7, 11) is 0. The van der Waals surface area contributed by atoms with Crippen LogP contribution in [0.3, 0.4) is 0 Å². The molecular weight excluding hydrogens is 689 g/mol. The molecule has 1 unspecified atom stereocenters. The lowest BCUT2D eigenvalue weighted by Crippen LogP contribution is -2.31. The average Bonchev–Trinajstić information content (AvgIpc) is 4.03. The van der Waals surface area contributed by atoms with E-state index in [4.69, 9.17) is 0 Å². The number of rotatable bonds is 14. The van der Waals surface area contributed by atoms with Crippen LogP contribution in [0.25, 0.3) is 21.5 Å². The van der Waals surface area contributed by atoms with E-state index in [-0.39, 0.29) is 10.8 Å². The van der Waals surface area contributed by atoms with Crippen molar-refractivity contribution in [1.29, 1.82) is 0 Å². The second kappa shape index (κ2) is 16.4. The maximum Gasteiger partial charge on any atom is 0.210 e. The van der Waals surface area contributed by atoms with Crippen molar-refractivity contribution < 1.29 is 4.58 Å². The van der Waals surface area contributed by atoms with Gasteiger partial charge in [0, 0.05) is 47.5 Å². The van der Waals surface area contributed by atoms with Gasteiger partial charge in [-0.3, -0.25) is 0 Å². The zero-order valence-electron chi connectivity index (χ0n) is 35.1. The molecule has 0 spiro atoms. The third kappa shape index (κ3) is 7.55. The van der Waals surface area contributed by atoms with Gasteiger partial charge in [0.15, 0.2) is 5.71 Å². The number of allylic oxidation sites excluding steroid dienone is 4. The van der Waals surface area contributed by atoms with E-state index in [1.165, 1.54) is 151 Å². The Hall–Kier alpha value is -4.43. The van der Waals surface area contributed by atoms with Crippen molar-refractivity contribution in [3.05, 3.63) is 144 Å². The summed E-state index contributed by atoms with van der Waals surface area (Å²) in [6, 6.07) is 39.1. The van der Waals surface area contributed by atoms with Gasteiger partial charge >= 0.3 is 0 Å². The summed E-state index contributed by atoms with van der Waals surface area (Å²) < 4.78 is 2.70. The minimum absolute atomic E-state index is 0.0953. The minimum Gasteiger partial charge on any atom is -0.344 e. The Bertz CT molecular complexity index is 2290. The van der Waals surface area contributed by atoms with E-state index in [2.05, 4.69) is 152 Å². The summed E-state index contributed by atoms with van der Waals surface area (Å²) in [5.41, 5.74) is 9.77. The van der Waals surface area contributed by atoms with Crippen molar-refractivity contribution in [2.75, 3.05) is 18.0 Å². The van der Waals surface area contributed by atoms with Gasteiger partial charge in [0.2, 0.25) is 5.69 Å². The van der Waals surface area contributed by atoms with Gasteiger partial charge in [-0.05, 0) is 103 Å². The molecular formula is C55H65N2+. The van der Waals surface area contributed by atoms with Crippen LogP contribution in [0.15, 0.2) is 127 Å². The molecule has 294 valence electrons. The Balaban J connectivity index is 1.11. The summed E-state index contributed by atoms with van der Waals surface area (Å²) >= 11 is 0. The fourth-order valence-corrected chi connectivity index (χ4v) is 11.6. The molecule has 2 aliphatic carbocycles. The molecule has 2 heteroatoms. The molecule has 5 aromatic rings. The number of fused-ring (bicyclic) bond motifs is 5. The first-order chi connectivity index (χ1) is 27.9. The highest BCUT2D eigenvalue weighted by Crippen LogP contribution is 2.53. The quantitative estimate of drug-likeness (QED) is 0.0808. The summed E-state index contributed by atoms with van der Waals surface area (Å²) in [4.78, 5) is 2.73. The maximum absolute atomic E-state index is 2.73. The number of unbranched alkanes of at least 4 members (excludes halogenated alkanes) is 2. The average molecular weight is 754 g/mol. The van der Waals surface area contributed by atoms with Gasteiger partial charge in [0.25, 0.3) is 0 Å². The predicted octanol–water partition coefficient (Wildman–Crippen LogP) is 14.6. The van der Waals surface area contributed by atoms with Crippen LogP contribution >= 0.6 is 0 Å². The van der Waals surface area contributed by atoms with Crippen LogP contribution in [0.4, 0.5) is 11.4 Å². The lowest BCUT2D eigenvalue weighted by atomic mass is 9.74. The zero-order chi connectivity index (χ0) is 38.8. The normalized spacial score (nSPS) is 21.6. The summed E-state index contributed by atoms with van der Waals surface area (Å²) in [6.07, 6.45) is 27.8. The van der Waals surface area contributed by atoms with Crippen molar-refractivity contribution in [3.63, 3.8) is 0 Å². The Labute approximate surface area is 343 Å². The van der Waals surface area contributed by atoms with Crippen LogP contribution in [-0.4, -0.2) is 23.4 Å². The fraction of sp³-hybridized carbons (Fsp3) is 0.436. The smallest absolute Gasteiger partial charge is 0.210 e. The predicted molar refractivity (Wildman–Crippen MR) is 244 cm³/mol. The molecule has 2 heterocycles. The molecule has 2 fully saturated rings. The molecule has 0 amide bonds. The Kier molecular flexibility index (Phi) is 11.0. The molecule has 9 rings (SSSR count). The third-order valence-corrected chi connectivity index (χ3v) is 14.7. The second-order valence-corrected chi connectivity index (χ2v) is 18.9. The first-order valence-corrected chi connectivity index (χ1v) is 22.8. The van der Waals surface area contributed by atoms with Gasteiger partial charge < -0.3 is 4.90 Å². The molecule has 0 aromatic heterocycles. The Morgan fingerprint density at radius 1 is 0.667 bits per heavy atom. The zero-order valence-corrected chi connectivity index (χ0v) is 35.1. The van der Waals surface area contributed by atoms with Crippen molar-refractivity contribution in [2.45, 2.75) is 128 Å². The van der Waals surface area contributed by atoms with Crippen LogP contribution in [0, 0.1) is 11.8 Å². The third-order valence-electron chi connectivity index (χ3n) is 14.7. The fourth-order valence-electron chi connectivity index (χ4n) is 11.6. The Morgan fingerprint density at radius 2 is 1.30 bits per heavy atom. The molecule has 2 nitrogen and oxygen atoms in total. The van der Waals surface area contributed by atoms with E-state index in [1.54, 1.807) is 0 Å². The monoisotopic (exact) mass is 754 g/mol.